The first-order chi connectivity index (χ1) is 8.24. The average Bonchev–Trinajstić information content (AvgIpc) is 2.33. The first kappa shape index (κ1) is 12.3. The number of pyridine rings is 1. The van der Waals surface area contributed by atoms with E-state index in [4.69, 9.17) is 9.84 Å². The van der Waals surface area contributed by atoms with Crippen LogP contribution in [0.5, 0.6) is 5.75 Å². The second kappa shape index (κ2) is 5.98. The molecule has 1 aliphatic heterocycles. The van der Waals surface area contributed by atoms with Crippen molar-refractivity contribution in [3.8, 4) is 5.75 Å². The lowest BCUT2D eigenvalue weighted by atomic mass is 10.0. The summed E-state index contributed by atoms with van der Waals surface area (Å²) in [6.45, 7) is 3.66. The fourth-order valence-corrected chi connectivity index (χ4v) is 2.24. The molecule has 0 aliphatic carbocycles. The van der Waals surface area contributed by atoms with Crippen LogP contribution in [0.3, 0.4) is 0 Å². The molecule has 94 valence electrons. The summed E-state index contributed by atoms with van der Waals surface area (Å²) in [7, 11) is 2.10. The number of nitrogens with zero attached hydrogens (tertiary/aromatic N) is 2. The van der Waals surface area contributed by atoms with Gasteiger partial charge in [0.15, 0.2) is 0 Å². The predicted molar refractivity (Wildman–Crippen MR) is 65.8 cm³/mol. The van der Waals surface area contributed by atoms with Crippen molar-refractivity contribution in [2.24, 2.45) is 5.92 Å². The van der Waals surface area contributed by atoms with Crippen LogP contribution >= 0.6 is 0 Å². The molecule has 17 heavy (non-hydrogen) atoms. The molecule has 0 radical (unpaired) electrons. The number of hydrogen-bond donors (Lipinski definition) is 1. The van der Waals surface area contributed by atoms with Crippen molar-refractivity contribution in [2.75, 3.05) is 26.8 Å². The number of hydrogen-bond acceptors (Lipinski definition) is 4. The van der Waals surface area contributed by atoms with Gasteiger partial charge in [-0.15, -0.1) is 0 Å². The van der Waals surface area contributed by atoms with Crippen molar-refractivity contribution in [1.82, 2.24) is 9.88 Å². The van der Waals surface area contributed by atoms with E-state index in [1.165, 1.54) is 19.0 Å². The van der Waals surface area contributed by atoms with Crippen LogP contribution in [0.25, 0.3) is 0 Å². The highest BCUT2D eigenvalue weighted by Gasteiger charge is 2.16. The topological polar surface area (TPSA) is 45.6 Å². The largest absolute Gasteiger partial charge is 0.506 e. The lowest BCUT2D eigenvalue weighted by molar-refractivity contribution is 0.0410. The van der Waals surface area contributed by atoms with Crippen LogP contribution in [0.15, 0.2) is 18.3 Å². The van der Waals surface area contributed by atoms with Gasteiger partial charge in [0.1, 0.15) is 5.75 Å². The van der Waals surface area contributed by atoms with E-state index in [1.807, 2.05) is 6.07 Å². The predicted octanol–water partition coefficient (Wildman–Crippen LogP) is 1.65. The zero-order chi connectivity index (χ0) is 12.1. The third-order valence-electron chi connectivity index (χ3n) is 3.07. The van der Waals surface area contributed by atoms with Crippen LogP contribution in [0, 0.1) is 5.92 Å². The first-order valence-electron chi connectivity index (χ1n) is 6.14. The van der Waals surface area contributed by atoms with E-state index in [9.17, 15) is 0 Å². The van der Waals surface area contributed by atoms with E-state index in [1.54, 1.807) is 6.07 Å². The molecule has 0 amide bonds. The third-order valence-corrected chi connectivity index (χ3v) is 3.07. The average molecular weight is 236 g/mol. The molecule has 0 aromatic carbocycles. The summed E-state index contributed by atoms with van der Waals surface area (Å²) in [5, 5.41) is 9.16. The second-order valence-electron chi connectivity index (χ2n) is 4.79. The Balaban J connectivity index is 1.79. The molecule has 1 unspecified atom stereocenters. The Kier molecular flexibility index (Phi) is 4.34. The quantitative estimate of drug-likeness (QED) is 0.863. The molecule has 1 atom stereocenters. The van der Waals surface area contributed by atoms with E-state index in [2.05, 4.69) is 16.9 Å². The standard InChI is InChI=1S/C13H20N2O2/c1-15(8-11-3-2-6-17-10-11)9-12-4-5-13(16)7-14-12/h4-5,7,11,16H,2-3,6,8-10H2,1H3. The van der Waals surface area contributed by atoms with Crippen molar-refractivity contribution in [1.29, 1.82) is 0 Å². The highest BCUT2D eigenvalue weighted by atomic mass is 16.5. The van der Waals surface area contributed by atoms with Crippen molar-refractivity contribution < 1.29 is 9.84 Å². The van der Waals surface area contributed by atoms with Crippen LogP contribution < -0.4 is 0 Å². The summed E-state index contributed by atoms with van der Waals surface area (Å²) in [4.78, 5) is 6.45. The Morgan fingerprint density at radius 1 is 1.53 bits per heavy atom. The maximum absolute atomic E-state index is 9.16. The van der Waals surface area contributed by atoms with Crippen LogP contribution in [-0.2, 0) is 11.3 Å². The maximum Gasteiger partial charge on any atom is 0.133 e. The van der Waals surface area contributed by atoms with Crippen molar-refractivity contribution in [3.63, 3.8) is 0 Å². The molecule has 0 spiro atoms. The highest BCUT2D eigenvalue weighted by Crippen LogP contribution is 2.15. The Labute approximate surface area is 102 Å². The van der Waals surface area contributed by atoms with Gasteiger partial charge < -0.3 is 14.7 Å². The Morgan fingerprint density at radius 2 is 2.41 bits per heavy atom. The Morgan fingerprint density at radius 3 is 3.06 bits per heavy atom. The van der Waals surface area contributed by atoms with Crippen LogP contribution in [0.4, 0.5) is 0 Å². The summed E-state index contributed by atoms with van der Waals surface area (Å²) in [6.07, 6.45) is 3.93. The minimum absolute atomic E-state index is 0.220. The van der Waals surface area contributed by atoms with Gasteiger partial charge >= 0.3 is 0 Å². The van der Waals surface area contributed by atoms with Crippen LogP contribution in [-0.4, -0.2) is 41.8 Å². The SMILES string of the molecule is CN(Cc1ccc(O)cn1)CC1CCCOC1. The van der Waals surface area contributed by atoms with E-state index < -0.39 is 0 Å². The smallest absolute Gasteiger partial charge is 0.133 e. The first-order valence-corrected chi connectivity index (χ1v) is 6.14. The van der Waals surface area contributed by atoms with Gasteiger partial charge in [-0.25, -0.2) is 0 Å². The molecule has 2 heterocycles. The summed E-state index contributed by atoms with van der Waals surface area (Å²) in [5.74, 6) is 0.864. The zero-order valence-corrected chi connectivity index (χ0v) is 10.3. The minimum Gasteiger partial charge on any atom is -0.506 e. The molecule has 1 aliphatic rings. The van der Waals surface area contributed by atoms with E-state index >= 15 is 0 Å². The number of aromatic nitrogens is 1. The maximum atomic E-state index is 9.16. The monoisotopic (exact) mass is 236 g/mol. The second-order valence-corrected chi connectivity index (χ2v) is 4.79. The van der Waals surface area contributed by atoms with E-state index in [0.29, 0.717) is 5.92 Å². The fraction of sp³-hybridized carbons (Fsp3) is 0.615. The molecule has 1 N–H and O–H groups in total. The van der Waals surface area contributed by atoms with Gasteiger partial charge in [-0.05, 0) is 37.9 Å². The lowest BCUT2D eigenvalue weighted by Gasteiger charge is -2.26. The molecule has 4 nitrogen and oxygen atoms in total. The molecule has 4 heteroatoms. The summed E-state index contributed by atoms with van der Waals surface area (Å²) in [5.41, 5.74) is 0.988. The van der Waals surface area contributed by atoms with Gasteiger partial charge in [0, 0.05) is 19.7 Å². The molecule has 1 aromatic heterocycles. The van der Waals surface area contributed by atoms with Gasteiger partial charge in [0.2, 0.25) is 0 Å². The molecule has 0 saturated carbocycles. The summed E-state index contributed by atoms with van der Waals surface area (Å²) in [6, 6.07) is 3.54. The van der Waals surface area contributed by atoms with Gasteiger partial charge in [-0.1, -0.05) is 0 Å². The fourth-order valence-electron chi connectivity index (χ4n) is 2.24. The molecule has 1 saturated heterocycles. The van der Waals surface area contributed by atoms with Crippen LogP contribution in [0.1, 0.15) is 18.5 Å². The molecule has 1 aromatic rings. The molecular weight excluding hydrogens is 216 g/mol. The molecule has 1 fully saturated rings. The van der Waals surface area contributed by atoms with Crippen molar-refractivity contribution in [3.05, 3.63) is 24.0 Å². The molecular formula is C13H20N2O2. The van der Waals surface area contributed by atoms with Crippen molar-refractivity contribution in [2.45, 2.75) is 19.4 Å². The third kappa shape index (κ3) is 3.98. The summed E-state index contributed by atoms with van der Waals surface area (Å²) < 4.78 is 5.47. The van der Waals surface area contributed by atoms with Gasteiger partial charge in [0.05, 0.1) is 18.5 Å². The van der Waals surface area contributed by atoms with Crippen LogP contribution in [0.2, 0.25) is 0 Å². The molecule has 2 rings (SSSR count). The molecule has 0 bridgehead atoms. The van der Waals surface area contributed by atoms with Gasteiger partial charge in [-0.3, -0.25) is 4.98 Å². The number of ether oxygens (including phenoxy) is 1. The number of rotatable bonds is 4. The highest BCUT2D eigenvalue weighted by molar-refractivity contribution is 5.17. The van der Waals surface area contributed by atoms with E-state index in [-0.39, 0.29) is 5.75 Å². The normalized spacial score (nSPS) is 20.7. The minimum atomic E-state index is 0.220. The Hall–Kier alpha value is -1.13. The summed E-state index contributed by atoms with van der Waals surface area (Å²) >= 11 is 0. The Bertz CT molecular complexity index is 334. The zero-order valence-electron chi connectivity index (χ0n) is 10.3. The lowest BCUT2D eigenvalue weighted by Crippen LogP contribution is -2.30. The van der Waals surface area contributed by atoms with E-state index in [0.717, 1.165) is 32.0 Å². The van der Waals surface area contributed by atoms with Gasteiger partial charge in [-0.2, -0.15) is 0 Å². The number of aromatic hydroxyl groups is 1. The van der Waals surface area contributed by atoms with Gasteiger partial charge in [0.25, 0.3) is 0 Å². The van der Waals surface area contributed by atoms with Crippen molar-refractivity contribution >= 4 is 0 Å².